The molecule has 0 spiro atoms. The summed E-state index contributed by atoms with van der Waals surface area (Å²) in [7, 11) is 0. The number of aryl methyl sites for hydroxylation is 1. The minimum absolute atomic E-state index is 0.274. The van der Waals surface area contributed by atoms with Crippen molar-refractivity contribution in [3.8, 4) is 0 Å². The molecule has 1 aromatic heterocycles. The van der Waals surface area contributed by atoms with E-state index in [4.69, 9.17) is 0 Å². The number of aliphatic hydroxyl groups is 1. The van der Waals surface area contributed by atoms with Crippen LogP contribution in [0.15, 0.2) is 24.3 Å². The van der Waals surface area contributed by atoms with Gasteiger partial charge < -0.3 is 14.6 Å². The van der Waals surface area contributed by atoms with E-state index >= 15 is 0 Å². The standard InChI is InChI=1S/C19H28N2O/c1-14-8-6-7-11-20(14)12-17(22)13-21-16(3)15(2)18-9-4-5-10-19(18)21/h4-5,9-10,14,17,22H,6-8,11-13H2,1-3H3/p+1/t14-,17-/m0/s1. The third-order valence-electron chi connectivity index (χ3n) is 5.52. The van der Waals surface area contributed by atoms with Crippen LogP contribution < -0.4 is 4.90 Å². The zero-order chi connectivity index (χ0) is 15.7. The van der Waals surface area contributed by atoms with E-state index in [2.05, 4.69) is 49.6 Å². The number of hydrogen-bond donors (Lipinski definition) is 2. The van der Waals surface area contributed by atoms with Crippen molar-refractivity contribution in [1.29, 1.82) is 0 Å². The maximum Gasteiger partial charge on any atom is 0.121 e. The first-order valence-electron chi connectivity index (χ1n) is 8.65. The zero-order valence-electron chi connectivity index (χ0n) is 14.1. The summed E-state index contributed by atoms with van der Waals surface area (Å²) in [6.07, 6.45) is 3.68. The summed E-state index contributed by atoms with van der Waals surface area (Å²) in [6.45, 7) is 9.45. The number of aliphatic hydroxyl groups excluding tert-OH is 1. The summed E-state index contributed by atoms with van der Waals surface area (Å²) >= 11 is 0. The third-order valence-corrected chi connectivity index (χ3v) is 5.52. The van der Waals surface area contributed by atoms with Crippen LogP contribution in [-0.4, -0.2) is 34.9 Å². The fourth-order valence-corrected chi connectivity index (χ4v) is 3.97. The van der Waals surface area contributed by atoms with Crippen molar-refractivity contribution in [1.82, 2.24) is 4.57 Å². The number of rotatable bonds is 4. The first kappa shape index (κ1) is 15.6. The maximum atomic E-state index is 10.6. The van der Waals surface area contributed by atoms with Crippen molar-refractivity contribution >= 4 is 10.9 Å². The van der Waals surface area contributed by atoms with Crippen LogP contribution in [0.5, 0.6) is 0 Å². The Balaban J connectivity index is 1.76. The molecule has 2 heterocycles. The molecule has 22 heavy (non-hydrogen) atoms. The van der Waals surface area contributed by atoms with Gasteiger partial charge in [-0.25, -0.2) is 0 Å². The van der Waals surface area contributed by atoms with Gasteiger partial charge in [0.05, 0.1) is 19.1 Å². The summed E-state index contributed by atoms with van der Waals surface area (Å²) in [5.41, 5.74) is 3.86. The highest BCUT2D eigenvalue weighted by Crippen LogP contribution is 2.25. The van der Waals surface area contributed by atoms with Gasteiger partial charge in [0.1, 0.15) is 12.6 Å². The molecular weight excluding hydrogens is 272 g/mol. The lowest BCUT2D eigenvalue weighted by Gasteiger charge is -2.31. The summed E-state index contributed by atoms with van der Waals surface area (Å²) in [5, 5.41) is 11.9. The number of quaternary nitrogens is 1. The quantitative estimate of drug-likeness (QED) is 0.889. The Labute approximate surface area is 133 Å². The fourth-order valence-electron chi connectivity index (χ4n) is 3.97. The number of likely N-dealkylation sites (tertiary alicyclic amines) is 1. The van der Waals surface area contributed by atoms with E-state index in [0.29, 0.717) is 12.6 Å². The second-order valence-electron chi connectivity index (χ2n) is 7.00. The number of aromatic nitrogens is 1. The molecular formula is C19H29N2O+. The molecule has 0 radical (unpaired) electrons. The molecule has 0 amide bonds. The normalized spacial score (nSPS) is 23.8. The van der Waals surface area contributed by atoms with Crippen LogP contribution in [0.2, 0.25) is 0 Å². The lowest BCUT2D eigenvalue weighted by molar-refractivity contribution is -0.931. The van der Waals surface area contributed by atoms with E-state index in [1.165, 1.54) is 48.0 Å². The van der Waals surface area contributed by atoms with Gasteiger partial charge in [-0.3, -0.25) is 0 Å². The summed E-state index contributed by atoms with van der Waals surface area (Å²) in [5.74, 6) is 0. The van der Waals surface area contributed by atoms with Gasteiger partial charge in [0, 0.05) is 16.6 Å². The van der Waals surface area contributed by atoms with Crippen molar-refractivity contribution in [3.63, 3.8) is 0 Å². The highest BCUT2D eigenvalue weighted by Gasteiger charge is 2.25. The van der Waals surface area contributed by atoms with Crippen molar-refractivity contribution < 1.29 is 10.0 Å². The molecule has 3 atom stereocenters. The van der Waals surface area contributed by atoms with Gasteiger partial charge in [-0.05, 0) is 51.7 Å². The molecule has 0 bridgehead atoms. The molecule has 3 nitrogen and oxygen atoms in total. The number of piperidine rings is 1. The van der Waals surface area contributed by atoms with Gasteiger partial charge in [0.2, 0.25) is 0 Å². The third kappa shape index (κ3) is 2.92. The fraction of sp³-hybridized carbons (Fsp3) is 0.579. The summed E-state index contributed by atoms with van der Waals surface area (Å²) in [6, 6.07) is 9.21. The van der Waals surface area contributed by atoms with Gasteiger partial charge in [-0.1, -0.05) is 18.2 Å². The average molecular weight is 301 g/mol. The number of nitrogens with one attached hydrogen (secondary N) is 1. The second-order valence-corrected chi connectivity index (χ2v) is 7.00. The molecule has 1 aliphatic heterocycles. The Kier molecular flexibility index (Phi) is 4.55. The van der Waals surface area contributed by atoms with Gasteiger partial charge in [0.25, 0.3) is 0 Å². The molecule has 120 valence electrons. The topological polar surface area (TPSA) is 29.6 Å². The maximum absolute atomic E-state index is 10.6. The van der Waals surface area contributed by atoms with E-state index in [1.54, 1.807) is 4.90 Å². The number of para-hydroxylation sites is 1. The zero-order valence-corrected chi connectivity index (χ0v) is 14.1. The lowest BCUT2D eigenvalue weighted by atomic mass is 10.0. The molecule has 3 rings (SSSR count). The molecule has 1 saturated heterocycles. The van der Waals surface area contributed by atoms with E-state index in [0.717, 1.165) is 6.54 Å². The monoisotopic (exact) mass is 301 g/mol. The Bertz CT molecular complexity index is 646. The first-order chi connectivity index (χ1) is 10.6. The van der Waals surface area contributed by atoms with Crippen molar-refractivity contribution in [2.24, 2.45) is 0 Å². The molecule has 1 aliphatic rings. The van der Waals surface area contributed by atoms with Crippen LogP contribution in [0.4, 0.5) is 0 Å². The molecule has 2 aromatic rings. The van der Waals surface area contributed by atoms with Gasteiger partial charge in [0.15, 0.2) is 0 Å². The summed E-state index contributed by atoms with van der Waals surface area (Å²) < 4.78 is 2.30. The van der Waals surface area contributed by atoms with E-state index in [9.17, 15) is 5.11 Å². The van der Waals surface area contributed by atoms with Crippen LogP contribution in [0.25, 0.3) is 10.9 Å². The van der Waals surface area contributed by atoms with Crippen LogP contribution in [-0.2, 0) is 6.54 Å². The van der Waals surface area contributed by atoms with E-state index in [1.807, 2.05) is 0 Å². The number of benzene rings is 1. The SMILES string of the molecule is Cc1c(C)n(C[C@@H](O)C[NH+]2CCCC[C@@H]2C)c2ccccc12. The Morgan fingerprint density at radius 2 is 2.05 bits per heavy atom. The Morgan fingerprint density at radius 1 is 1.27 bits per heavy atom. The molecule has 1 unspecified atom stereocenters. The summed E-state index contributed by atoms with van der Waals surface area (Å²) in [4.78, 5) is 1.57. The minimum Gasteiger partial charge on any atom is -0.385 e. The number of hydrogen-bond acceptors (Lipinski definition) is 1. The Hall–Kier alpha value is -1.32. The first-order valence-corrected chi connectivity index (χ1v) is 8.65. The lowest BCUT2D eigenvalue weighted by Crippen LogP contribution is -3.17. The minimum atomic E-state index is -0.274. The number of nitrogens with zero attached hydrogens (tertiary/aromatic N) is 1. The van der Waals surface area contributed by atoms with Crippen LogP contribution in [0.3, 0.4) is 0 Å². The average Bonchev–Trinajstić information content (AvgIpc) is 2.75. The van der Waals surface area contributed by atoms with Gasteiger partial charge in [-0.2, -0.15) is 0 Å². The van der Waals surface area contributed by atoms with Crippen LogP contribution >= 0.6 is 0 Å². The smallest absolute Gasteiger partial charge is 0.121 e. The van der Waals surface area contributed by atoms with E-state index in [-0.39, 0.29) is 6.10 Å². The molecule has 2 N–H and O–H groups in total. The Morgan fingerprint density at radius 3 is 2.82 bits per heavy atom. The molecule has 0 aliphatic carbocycles. The molecule has 3 heteroatoms. The molecule has 0 saturated carbocycles. The van der Waals surface area contributed by atoms with Crippen LogP contribution in [0.1, 0.15) is 37.4 Å². The predicted octanol–water partition coefficient (Wildman–Crippen LogP) is 2.08. The predicted molar refractivity (Wildman–Crippen MR) is 91.4 cm³/mol. The van der Waals surface area contributed by atoms with Crippen molar-refractivity contribution in [2.75, 3.05) is 13.1 Å². The van der Waals surface area contributed by atoms with Gasteiger partial charge >= 0.3 is 0 Å². The molecule has 1 fully saturated rings. The van der Waals surface area contributed by atoms with Gasteiger partial charge in [-0.15, -0.1) is 0 Å². The van der Waals surface area contributed by atoms with Crippen molar-refractivity contribution in [3.05, 3.63) is 35.5 Å². The van der Waals surface area contributed by atoms with Crippen LogP contribution in [0, 0.1) is 13.8 Å². The highest BCUT2D eigenvalue weighted by molar-refractivity contribution is 5.85. The second kappa shape index (κ2) is 6.43. The van der Waals surface area contributed by atoms with Crippen molar-refractivity contribution in [2.45, 2.75) is 58.7 Å². The number of fused-ring (bicyclic) bond motifs is 1. The highest BCUT2D eigenvalue weighted by atomic mass is 16.3. The van der Waals surface area contributed by atoms with E-state index < -0.39 is 0 Å². The molecule has 1 aromatic carbocycles. The largest absolute Gasteiger partial charge is 0.385 e.